The molecule has 0 aromatic carbocycles. The van der Waals surface area contributed by atoms with Crippen molar-refractivity contribution in [2.45, 2.75) is 58.5 Å². The van der Waals surface area contributed by atoms with Crippen LogP contribution in [0.2, 0.25) is 13.1 Å². The Morgan fingerprint density at radius 2 is 1.50 bits per heavy atom. The summed E-state index contributed by atoms with van der Waals surface area (Å²) in [6.07, 6.45) is 8.19. The molecular formula is C10H24OSi. The van der Waals surface area contributed by atoms with Gasteiger partial charge in [-0.1, -0.05) is 39.0 Å². The second-order valence-electron chi connectivity index (χ2n) is 3.69. The fourth-order valence-electron chi connectivity index (χ4n) is 1.20. The summed E-state index contributed by atoms with van der Waals surface area (Å²) >= 11 is 0. The lowest BCUT2D eigenvalue weighted by Gasteiger charge is -2.05. The second-order valence-corrected chi connectivity index (χ2v) is 6.12. The van der Waals surface area contributed by atoms with Crippen LogP contribution >= 0.6 is 0 Å². The Labute approximate surface area is 79.2 Å². The number of hydrogen-bond donors (Lipinski definition) is 0. The van der Waals surface area contributed by atoms with Gasteiger partial charge >= 0.3 is 0 Å². The van der Waals surface area contributed by atoms with Crippen LogP contribution in [0.1, 0.15) is 45.4 Å². The average molecular weight is 188 g/mol. The summed E-state index contributed by atoms with van der Waals surface area (Å²) in [5.41, 5.74) is 0. The molecule has 0 bridgehead atoms. The predicted molar refractivity (Wildman–Crippen MR) is 58.2 cm³/mol. The number of hydrogen-bond acceptors (Lipinski definition) is 1. The molecule has 0 unspecified atom stereocenters. The molecule has 0 heterocycles. The lowest BCUT2D eigenvalue weighted by atomic mass is 10.1. The zero-order chi connectivity index (χ0) is 9.23. The monoisotopic (exact) mass is 188 g/mol. The summed E-state index contributed by atoms with van der Waals surface area (Å²) in [6.45, 7) is 7.73. The van der Waals surface area contributed by atoms with Crippen LogP contribution in [-0.2, 0) is 4.43 Å². The average Bonchev–Trinajstić information content (AvgIpc) is 2.02. The van der Waals surface area contributed by atoms with E-state index < -0.39 is 9.04 Å². The lowest BCUT2D eigenvalue weighted by Crippen LogP contribution is -2.08. The summed E-state index contributed by atoms with van der Waals surface area (Å²) in [5, 5.41) is 0. The van der Waals surface area contributed by atoms with E-state index in [0.717, 1.165) is 6.61 Å². The summed E-state index contributed by atoms with van der Waals surface area (Å²) < 4.78 is 5.59. The summed E-state index contributed by atoms with van der Waals surface area (Å²) in [7, 11) is -0.735. The number of rotatable bonds is 8. The van der Waals surface area contributed by atoms with Gasteiger partial charge in [0.05, 0.1) is 0 Å². The first kappa shape index (κ1) is 12.2. The maximum absolute atomic E-state index is 5.59. The van der Waals surface area contributed by atoms with Gasteiger partial charge in [-0.15, -0.1) is 0 Å². The van der Waals surface area contributed by atoms with Gasteiger partial charge in [0, 0.05) is 6.61 Å². The standard InChI is InChI=1S/C10H24OSi/c1-4-5-6-7-8-9-10-11-12(2)3/h12H,4-10H2,1-3H3. The van der Waals surface area contributed by atoms with E-state index in [4.69, 9.17) is 4.43 Å². The number of unbranched alkanes of at least 4 members (excludes halogenated alkanes) is 5. The molecule has 0 amide bonds. The van der Waals surface area contributed by atoms with Gasteiger partial charge in [-0.25, -0.2) is 0 Å². The van der Waals surface area contributed by atoms with Crippen molar-refractivity contribution >= 4 is 9.04 Å². The molecule has 0 aromatic rings. The van der Waals surface area contributed by atoms with E-state index in [0.29, 0.717) is 0 Å². The minimum absolute atomic E-state index is 0.735. The van der Waals surface area contributed by atoms with Crippen molar-refractivity contribution in [1.29, 1.82) is 0 Å². The third kappa shape index (κ3) is 10.2. The normalized spacial score (nSPS) is 11.0. The molecule has 0 saturated heterocycles. The van der Waals surface area contributed by atoms with Gasteiger partial charge < -0.3 is 4.43 Å². The van der Waals surface area contributed by atoms with Crippen molar-refractivity contribution in [2.75, 3.05) is 6.61 Å². The molecule has 74 valence electrons. The Hall–Kier alpha value is 0.177. The van der Waals surface area contributed by atoms with Gasteiger partial charge in [0.15, 0.2) is 9.04 Å². The van der Waals surface area contributed by atoms with Crippen LogP contribution in [0.15, 0.2) is 0 Å². The van der Waals surface area contributed by atoms with Crippen LogP contribution < -0.4 is 0 Å². The topological polar surface area (TPSA) is 9.23 Å². The van der Waals surface area contributed by atoms with Gasteiger partial charge in [-0.05, 0) is 19.5 Å². The molecule has 0 atom stereocenters. The molecule has 0 aliphatic rings. The third-order valence-corrected chi connectivity index (χ3v) is 2.85. The SMILES string of the molecule is CCCCCCCCO[SiH](C)C. The van der Waals surface area contributed by atoms with E-state index in [2.05, 4.69) is 20.0 Å². The molecule has 0 radical (unpaired) electrons. The Morgan fingerprint density at radius 3 is 2.08 bits per heavy atom. The van der Waals surface area contributed by atoms with Crippen LogP contribution in [-0.4, -0.2) is 15.6 Å². The maximum atomic E-state index is 5.59. The molecule has 0 aliphatic carbocycles. The quantitative estimate of drug-likeness (QED) is 0.419. The highest BCUT2D eigenvalue weighted by Crippen LogP contribution is 2.04. The summed E-state index contributed by atoms with van der Waals surface area (Å²) in [6, 6.07) is 0. The van der Waals surface area contributed by atoms with Crippen LogP contribution in [0.25, 0.3) is 0 Å². The largest absolute Gasteiger partial charge is 0.421 e. The molecule has 0 fully saturated rings. The van der Waals surface area contributed by atoms with Crippen LogP contribution in [0.5, 0.6) is 0 Å². The van der Waals surface area contributed by atoms with Crippen molar-refractivity contribution in [3.63, 3.8) is 0 Å². The van der Waals surface area contributed by atoms with Crippen LogP contribution in [0, 0.1) is 0 Å². The Morgan fingerprint density at radius 1 is 0.917 bits per heavy atom. The highest BCUT2D eigenvalue weighted by atomic mass is 28.3. The molecule has 1 nitrogen and oxygen atoms in total. The minimum atomic E-state index is -0.735. The second kappa shape index (κ2) is 9.27. The van der Waals surface area contributed by atoms with E-state index in [1.807, 2.05) is 0 Å². The molecule has 12 heavy (non-hydrogen) atoms. The highest BCUT2D eigenvalue weighted by Gasteiger charge is 1.94. The first-order chi connectivity index (χ1) is 5.77. The van der Waals surface area contributed by atoms with Gasteiger partial charge in [-0.2, -0.15) is 0 Å². The smallest absolute Gasteiger partial charge is 0.170 e. The third-order valence-electron chi connectivity index (χ3n) is 1.95. The van der Waals surface area contributed by atoms with E-state index in [-0.39, 0.29) is 0 Å². The van der Waals surface area contributed by atoms with Gasteiger partial charge in [-0.3, -0.25) is 0 Å². The van der Waals surface area contributed by atoms with Crippen molar-refractivity contribution < 1.29 is 4.43 Å². The molecule has 0 N–H and O–H groups in total. The summed E-state index contributed by atoms with van der Waals surface area (Å²) in [5.74, 6) is 0. The van der Waals surface area contributed by atoms with E-state index in [9.17, 15) is 0 Å². The fourth-order valence-corrected chi connectivity index (χ4v) is 1.84. The zero-order valence-electron chi connectivity index (χ0n) is 8.94. The van der Waals surface area contributed by atoms with Gasteiger partial charge in [0.2, 0.25) is 0 Å². The van der Waals surface area contributed by atoms with Crippen molar-refractivity contribution in [2.24, 2.45) is 0 Å². The van der Waals surface area contributed by atoms with Crippen molar-refractivity contribution in [3.8, 4) is 0 Å². The molecule has 0 aromatic heterocycles. The summed E-state index contributed by atoms with van der Waals surface area (Å²) in [4.78, 5) is 0. The van der Waals surface area contributed by atoms with Crippen molar-refractivity contribution in [1.82, 2.24) is 0 Å². The Bertz CT molecular complexity index is 83.9. The van der Waals surface area contributed by atoms with Gasteiger partial charge in [0.1, 0.15) is 0 Å². The lowest BCUT2D eigenvalue weighted by molar-refractivity contribution is 0.312. The molecular weight excluding hydrogens is 164 g/mol. The molecule has 0 aliphatic heterocycles. The Balaban J connectivity index is 2.82. The fraction of sp³-hybridized carbons (Fsp3) is 1.00. The molecule has 0 rings (SSSR count). The Kier molecular flexibility index (Phi) is 9.40. The predicted octanol–water partition coefficient (Wildman–Crippen LogP) is 3.35. The first-order valence-electron chi connectivity index (χ1n) is 5.39. The van der Waals surface area contributed by atoms with Gasteiger partial charge in [0.25, 0.3) is 0 Å². The first-order valence-corrected chi connectivity index (χ1v) is 8.17. The van der Waals surface area contributed by atoms with E-state index in [1.165, 1.54) is 38.5 Å². The maximum Gasteiger partial charge on any atom is 0.170 e. The minimum Gasteiger partial charge on any atom is -0.421 e. The van der Waals surface area contributed by atoms with E-state index in [1.54, 1.807) is 0 Å². The van der Waals surface area contributed by atoms with Crippen LogP contribution in [0.3, 0.4) is 0 Å². The molecule has 2 heteroatoms. The van der Waals surface area contributed by atoms with Crippen LogP contribution in [0.4, 0.5) is 0 Å². The zero-order valence-corrected chi connectivity index (χ0v) is 10.1. The molecule has 0 spiro atoms. The van der Waals surface area contributed by atoms with E-state index >= 15 is 0 Å². The highest BCUT2D eigenvalue weighted by molar-refractivity contribution is 6.48. The van der Waals surface area contributed by atoms with Crippen molar-refractivity contribution in [3.05, 3.63) is 0 Å². The molecule has 0 saturated carbocycles.